The molecule has 0 fully saturated rings. The number of benzene rings is 3. The van der Waals surface area contributed by atoms with E-state index < -0.39 is 11.8 Å². The van der Waals surface area contributed by atoms with Crippen LogP contribution in [-0.4, -0.2) is 75.3 Å². The maximum Gasteiger partial charge on any atom is 0.287 e. The highest BCUT2D eigenvalue weighted by atomic mass is 19.3. The van der Waals surface area contributed by atoms with E-state index in [1.165, 1.54) is 7.11 Å². The molecule has 6 N–H and O–H groups in total. The Bertz CT molecular complexity index is 2610. The van der Waals surface area contributed by atoms with Gasteiger partial charge >= 0.3 is 0 Å². The number of anilines is 4. The number of hydrogen-bond acceptors (Lipinski definition) is 12. The van der Waals surface area contributed by atoms with Crippen LogP contribution in [0, 0.1) is 6.92 Å². The summed E-state index contributed by atoms with van der Waals surface area (Å²) in [6.45, 7) is 5.04. The zero-order chi connectivity index (χ0) is 42.6. The van der Waals surface area contributed by atoms with Crippen molar-refractivity contribution in [2.24, 2.45) is 11.5 Å². The molecule has 6 aromatic rings. The van der Waals surface area contributed by atoms with Crippen LogP contribution in [-0.2, 0) is 13.1 Å². The number of rotatable bonds is 12. The van der Waals surface area contributed by atoms with Gasteiger partial charge in [0.05, 0.1) is 48.0 Å². The minimum absolute atomic E-state index is 0.0344. The number of allylic oxidation sites excluding steroid dienone is 3. The maximum absolute atomic E-state index is 14.3. The molecular weight excluding hydrogens is 767 g/mol. The van der Waals surface area contributed by atoms with Crippen LogP contribution < -0.4 is 36.6 Å². The van der Waals surface area contributed by atoms with Gasteiger partial charge in [-0.2, -0.15) is 28.5 Å². The number of aromatic nitrogens is 6. The molecule has 3 aromatic carbocycles. The molecule has 3 aromatic heterocycles. The molecule has 2 aliphatic rings. The molecule has 14 nitrogen and oxygen atoms in total. The van der Waals surface area contributed by atoms with Crippen LogP contribution in [0.25, 0.3) is 16.9 Å². The number of carbonyl (C=O) groups is 1. The summed E-state index contributed by atoms with van der Waals surface area (Å²) < 4.78 is 35.5. The summed E-state index contributed by atoms with van der Waals surface area (Å²) in [7, 11) is 5.45. The molecule has 0 radical (unpaired) electrons. The third-order valence-electron chi connectivity index (χ3n) is 9.96. The van der Waals surface area contributed by atoms with E-state index in [1.54, 1.807) is 34.1 Å². The Morgan fingerprint density at radius 3 is 2.15 bits per heavy atom. The molecule has 0 saturated heterocycles. The number of aryl methyl sites for hydroxylation is 1. The van der Waals surface area contributed by atoms with Gasteiger partial charge in [0.25, 0.3) is 11.9 Å². The Balaban J connectivity index is 0.000000181. The molecular formula is C44H46F2N12O2. The topological polar surface area (TPSA) is 178 Å². The lowest BCUT2D eigenvalue weighted by Crippen LogP contribution is -2.31. The second-order valence-corrected chi connectivity index (χ2v) is 14.4. The fraction of sp³-hybridized carbons (Fsp3) is 0.227. The highest BCUT2D eigenvalue weighted by Gasteiger charge is 2.39. The normalized spacial score (nSPS) is 15.2. The van der Waals surface area contributed by atoms with Crippen molar-refractivity contribution in [1.82, 2.24) is 29.7 Å². The summed E-state index contributed by atoms with van der Waals surface area (Å²) in [4.78, 5) is 33.8. The second-order valence-electron chi connectivity index (χ2n) is 14.4. The standard InChI is InChI=1S/C22H23F2N5O.C22H23N7O/c1-14-8-17-16(11-25)9-22(23,24)10-18(17)29(14)21-27-13-19(30-2)20(28-21)26-12-15-6-4-3-5-7-15;1-14-19(28(2)3)21(24-12-15-8-5-4-6-9-15)27-22(26-14)29-18-11-7-10-16(20(23)30)17(18)13-25-29/h3-10,13-14H,11-12,25H2,1-2H3,(H,26,27,28);4-11,13H,12H2,1-3H3,(H2,23,30)(H,24,26,27). The number of alkyl halides is 2. The van der Waals surface area contributed by atoms with Crippen LogP contribution in [0.5, 0.6) is 5.75 Å². The van der Waals surface area contributed by atoms with E-state index >= 15 is 0 Å². The molecule has 1 aliphatic heterocycles. The quantitative estimate of drug-likeness (QED) is 0.105. The molecule has 16 heteroatoms. The summed E-state index contributed by atoms with van der Waals surface area (Å²) >= 11 is 0. The number of carbonyl (C=O) groups excluding carboxylic acids is 1. The maximum atomic E-state index is 14.3. The monoisotopic (exact) mass is 812 g/mol. The summed E-state index contributed by atoms with van der Waals surface area (Å²) in [6, 6.07) is 25.1. The zero-order valence-corrected chi connectivity index (χ0v) is 33.9. The van der Waals surface area contributed by atoms with E-state index in [-0.39, 0.29) is 12.6 Å². The first-order chi connectivity index (χ1) is 28.9. The Morgan fingerprint density at radius 1 is 0.883 bits per heavy atom. The average Bonchev–Trinajstić information content (AvgIpc) is 3.82. The molecule has 0 bridgehead atoms. The fourth-order valence-corrected chi connectivity index (χ4v) is 7.21. The van der Waals surface area contributed by atoms with Gasteiger partial charge in [0.15, 0.2) is 17.4 Å². The number of hydrogen-bond donors (Lipinski definition) is 4. The van der Waals surface area contributed by atoms with Crippen molar-refractivity contribution in [3.8, 4) is 11.7 Å². The minimum Gasteiger partial charge on any atom is -0.491 e. The molecule has 60 heavy (non-hydrogen) atoms. The fourth-order valence-electron chi connectivity index (χ4n) is 7.21. The van der Waals surface area contributed by atoms with Gasteiger partial charge in [-0.1, -0.05) is 72.8 Å². The predicted octanol–water partition coefficient (Wildman–Crippen LogP) is 6.55. The number of methoxy groups -OCH3 is 1. The van der Waals surface area contributed by atoms with E-state index in [0.29, 0.717) is 70.2 Å². The van der Waals surface area contributed by atoms with Gasteiger partial charge in [-0.25, -0.2) is 9.97 Å². The van der Waals surface area contributed by atoms with Crippen molar-refractivity contribution in [2.45, 2.75) is 38.9 Å². The molecule has 1 amide bonds. The van der Waals surface area contributed by atoms with Crippen molar-refractivity contribution in [3.05, 3.63) is 149 Å². The highest BCUT2D eigenvalue weighted by Crippen LogP contribution is 2.42. The largest absolute Gasteiger partial charge is 0.491 e. The van der Waals surface area contributed by atoms with E-state index in [0.717, 1.165) is 40.2 Å². The van der Waals surface area contributed by atoms with Gasteiger partial charge in [0.1, 0.15) is 5.69 Å². The number of nitrogens with zero attached hydrogens (tertiary/aromatic N) is 8. The molecule has 1 atom stereocenters. The van der Waals surface area contributed by atoms with Gasteiger partial charge < -0.3 is 36.6 Å². The first-order valence-corrected chi connectivity index (χ1v) is 19.2. The lowest BCUT2D eigenvalue weighted by atomic mass is 9.95. The van der Waals surface area contributed by atoms with Crippen molar-refractivity contribution < 1.29 is 18.3 Å². The number of halogens is 2. The Hall–Kier alpha value is -7.20. The van der Waals surface area contributed by atoms with Crippen molar-refractivity contribution in [3.63, 3.8) is 0 Å². The number of nitrogens with two attached hydrogens (primary N) is 2. The summed E-state index contributed by atoms with van der Waals surface area (Å²) in [6.07, 6.45) is 6.92. The molecule has 1 aliphatic carbocycles. The number of ether oxygens (including phenoxy) is 1. The number of nitrogens with one attached hydrogen (secondary N) is 2. The van der Waals surface area contributed by atoms with Gasteiger partial charge in [-0.3, -0.25) is 4.79 Å². The third kappa shape index (κ3) is 8.63. The smallest absolute Gasteiger partial charge is 0.287 e. The van der Waals surface area contributed by atoms with Crippen LogP contribution in [0.3, 0.4) is 0 Å². The minimum atomic E-state index is -3.08. The SMILES string of the molecule is COc1cnc(N2C3=CC(F)(F)C=C(CN)C3=CC2C)nc1NCc1ccccc1.Cc1nc(-n2ncc3c(C(N)=O)cccc32)nc(NCc2ccccc2)c1N(C)C. The van der Waals surface area contributed by atoms with E-state index in [4.69, 9.17) is 21.2 Å². The van der Waals surface area contributed by atoms with E-state index in [1.807, 2.05) is 93.5 Å². The Labute approximate surface area is 346 Å². The van der Waals surface area contributed by atoms with Crippen LogP contribution in [0.15, 0.2) is 126 Å². The van der Waals surface area contributed by atoms with Crippen molar-refractivity contribution in [1.29, 1.82) is 0 Å². The molecule has 0 saturated carbocycles. The number of amides is 1. The summed E-state index contributed by atoms with van der Waals surface area (Å²) in [5.74, 6) is -1.17. The first kappa shape index (κ1) is 41.0. The van der Waals surface area contributed by atoms with E-state index in [9.17, 15) is 13.6 Å². The van der Waals surface area contributed by atoms with Crippen LogP contribution >= 0.6 is 0 Å². The Morgan fingerprint density at radius 2 is 1.53 bits per heavy atom. The van der Waals surface area contributed by atoms with Gasteiger partial charge in [-0.15, -0.1) is 0 Å². The molecule has 0 spiro atoms. The lowest BCUT2D eigenvalue weighted by Gasteiger charge is -2.28. The van der Waals surface area contributed by atoms with Crippen molar-refractivity contribution in [2.75, 3.05) is 48.2 Å². The molecule has 4 heterocycles. The number of primary amides is 1. The second kappa shape index (κ2) is 17.3. The van der Waals surface area contributed by atoms with Crippen LogP contribution in [0.2, 0.25) is 0 Å². The highest BCUT2D eigenvalue weighted by molar-refractivity contribution is 6.05. The van der Waals surface area contributed by atoms with Crippen LogP contribution in [0.1, 0.15) is 34.1 Å². The zero-order valence-electron chi connectivity index (χ0n) is 33.9. The molecule has 1 unspecified atom stereocenters. The summed E-state index contributed by atoms with van der Waals surface area (Å²) in [5, 5.41) is 11.8. The Kier molecular flexibility index (Phi) is 11.8. The van der Waals surface area contributed by atoms with Gasteiger partial charge in [0.2, 0.25) is 11.9 Å². The molecule has 8 rings (SSSR count). The third-order valence-corrected chi connectivity index (χ3v) is 9.96. The van der Waals surface area contributed by atoms with Gasteiger partial charge in [0, 0.05) is 50.8 Å². The molecule has 308 valence electrons. The lowest BCUT2D eigenvalue weighted by molar-refractivity contribution is 0.100. The first-order valence-electron chi connectivity index (χ1n) is 19.2. The number of fused-ring (bicyclic) bond motifs is 2. The predicted molar refractivity (Wildman–Crippen MR) is 231 cm³/mol. The van der Waals surface area contributed by atoms with E-state index in [2.05, 4.69) is 42.8 Å². The van der Waals surface area contributed by atoms with Gasteiger partial charge in [-0.05, 0) is 48.8 Å². The summed E-state index contributed by atoms with van der Waals surface area (Å²) in [5.41, 5.74) is 17.8. The average molecular weight is 813 g/mol. The van der Waals surface area contributed by atoms with Crippen LogP contribution in [0.4, 0.5) is 32.1 Å². The van der Waals surface area contributed by atoms with Crippen molar-refractivity contribution >= 4 is 40.1 Å².